The van der Waals surface area contributed by atoms with E-state index in [1.54, 1.807) is 64.9 Å². The quantitative estimate of drug-likeness (QED) is 0.504. The van der Waals surface area contributed by atoms with Gasteiger partial charge >= 0.3 is 0 Å². The molecule has 11 heteroatoms. The Morgan fingerprint density at radius 3 is 2.17 bits per heavy atom. The first-order valence-electron chi connectivity index (χ1n) is 11.2. The SMILES string of the molecule is COc1ccccc1C(=O)N1CCN(C(=O)C(NC(=O)c2cccs2)S(=O)(=O)c2ccccc2)CC1. The number of carbonyl (C=O) groups excluding carboxylic acids is 3. The number of rotatable bonds is 7. The van der Waals surface area contributed by atoms with Crippen molar-refractivity contribution in [2.75, 3.05) is 33.3 Å². The first-order chi connectivity index (χ1) is 17.3. The van der Waals surface area contributed by atoms with Crippen molar-refractivity contribution in [1.29, 1.82) is 0 Å². The minimum atomic E-state index is -4.23. The normalized spacial score (nSPS) is 14.7. The average molecular weight is 528 g/mol. The molecule has 0 saturated carbocycles. The average Bonchev–Trinajstić information content (AvgIpc) is 3.47. The van der Waals surface area contributed by atoms with Crippen LogP contribution in [0.2, 0.25) is 0 Å². The van der Waals surface area contributed by atoms with Crippen molar-refractivity contribution in [3.05, 3.63) is 82.6 Å². The number of thiophene rings is 1. The maximum absolute atomic E-state index is 13.5. The van der Waals surface area contributed by atoms with E-state index in [2.05, 4.69) is 5.32 Å². The van der Waals surface area contributed by atoms with Crippen LogP contribution in [0.15, 0.2) is 77.0 Å². The lowest BCUT2D eigenvalue weighted by atomic mass is 10.1. The Morgan fingerprint density at radius 2 is 1.53 bits per heavy atom. The summed E-state index contributed by atoms with van der Waals surface area (Å²) in [5.41, 5.74) is 0.410. The van der Waals surface area contributed by atoms with Gasteiger partial charge in [-0.1, -0.05) is 36.4 Å². The van der Waals surface area contributed by atoms with Crippen molar-refractivity contribution in [2.24, 2.45) is 0 Å². The predicted octanol–water partition coefficient (Wildman–Crippen LogP) is 2.27. The van der Waals surface area contributed by atoms with Crippen LogP contribution in [0.25, 0.3) is 0 Å². The molecule has 0 aliphatic carbocycles. The standard InChI is InChI=1S/C25H25N3O6S2/c1-34-20-11-6-5-10-19(20)24(30)27-13-15-28(16-14-27)25(31)23(26-22(29)21-12-7-17-35-21)36(32,33)18-8-3-2-4-9-18/h2-12,17,23H,13-16H2,1H3,(H,26,29). The van der Waals surface area contributed by atoms with Crippen LogP contribution in [0, 0.1) is 0 Å². The Morgan fingerprint density at radius 1 is 0.889 bits per heavy atom. The van der Waals surface area contributed by atoms with E-state index in [1.807, 2.05) is 0 Å². The third kappa shape index (κ3) is 5.26. The summed E-state index contributed by atoms with van der Waals surface area (Å²) >= 11 is 1.14. The predicted molar refractivity (Wildman–Crippen MR) is 135 cm³/mol. The molecule has 1 aromatic heterocycles. The summed E-state index contributed by atoms with van der Waals surface area (Å²) in [7, 11) is -2.75. The van der Waals surface area contributed by atoms with Gasteiger partial charge in [0.05, 0.1) is 22.4 Å². The van der Waals surface area contributed by atoms with Crippen LogP contribution in [0.5, 0.6) is 5.75 Å². The second-order valence-electron chi connectivity index (χ2n) is 8.01. The molecule has 0 spiro atoms. The number of amides is 3. The van der Waals surface area contributed by atoms with Gasteiger partial charge in [0.15, 0.2) is 0 Å². The van der Waals surface area contributed by atoms with Crippen molar-refractivity contribution in [1.82, 2.24) is 15.1 Å². The summed E-state index contributed by atoms with van der Waals surface area (Å²) in [4.78, 5) is 42.4. The molecule has 3 aromatic rings. The maximum Gasteiger partial charge on any atom is 0.262 e. The topological polar surface area (TPSA) is 113 Å². The number of benzene rings is 2. The summed E-state index contributed by atoms with van der Waals surface area (Å²) in [6, 6.07) is 17.6. The number of para-hydroxylation sites is 1. The van der Waals surface area contributed by atoms with E-state index in [9.17, 15) is 22.8 Å². The maximum atomic E-state index is 13.5. The highest BCUT2D eigenvalue weighted by Crippen LogP contribution is 2.22. The van der Waals surface area contributed by atoms with Crippen molar-refractivity contribution < 1.29 is 27.5 Å². The fourth-order valence-electron chi connectivity index (χ4n) is 3.90. The number of nitrogens with one attached hydrogen (secondary N) is 1. The molecule has 4 rings (SSSR count). The van der Waals surface area contributed by atoms with Crippen LogP contribution in [0.4, 0.5) is 0 Å². The van der Waals surface area contributed by atoms with Gasteiger partial charge < -0.3 is 19.9 Å². The van der Waals surface area contributed by atoms with Gasteiger partial charge in [-0.25, -0.2) is 8.42 Å². The third-order valence-electron chi connectivity index (χ3n) is 5.83. The molecule has 2 aromatic carbocycles. The Bertz CT molecular complexity index is 1340. The number of ether oxygens (including phenoxy) is 1. The van der Waals surface area contributed by atoms with Gasteiger partial charge in [-0.05, 0) is 35.7 Å². The lowest BCUT2D eigenvalue weighted by Crippen LogP contribution is -2.57. The van der Waals surface area contributed by atoms with Gasteiger partial charge in [0.2, 0.25) is 15.2 Å². The molecule has 1 unspecified atom stereocenters. The van der Waals surface area contributed by atoms with Crippen LogP contribution in [0.3, 0.4) is 0 Å². The summed E-state index contributed by atoms with van der Waals surface area (Å²) in [5, 5.41) is 2.32. The van der Waals surface area contributed by atoms with Crippen molar-refractivity contribution in [3.63, 3.8) is 0 Å². The van der Waals surface area contributed by atoms with E-state index >= 15 is 0 Å². The first-order valence-corrected chi connectivity index (χ1v) is 13.6. The molecule has 1 N–H and O–H groups in total. The molecule has 1 saturated heterocycles. The van der Waals surface area contributed by atoms with E-state index < -0.39 is 27.0 Å². The van der Waals surface area contributed by atoms with Crippen LogP contribution < -0.4 is 10.1 Å². The van der Waals surface area contributed by atoms with Crippen LogP contribution in [-0.2, 0) is 14.6 Å². The highest BCUT2D eigenvalue weighted by Gasteiger charge is 2.39. The fourth-order valence-corrected chi connectivity index (χ4v) is 6.02. The monoisotopic (exact) mass is 527 g/mol. The minimum Gasteiger partial charge on any atom is -0.496 e. The summed E-state index contributed by atoms with van der Waals surface area (Å²) in [6.45, 7) is 0.657. The Labute approximate surface area is 213 Å². The van der Waals surface area contributed by atoms with Gasteiger partial charge in [0, 0.05) is 26.2 Å². The Kier molecular flexibility index (Phi) is 7.70. The fraction of sp³-hybridized carbons (Fsp3) is 0.240. The molecular formula is C25H25N3O6S2. The largest absolute Gasteiger partial charge is 0.496 e. The van der Waals surface area contributed by atoms with Crippen molar-refractivity contribution >= 4 is 38.9 Å². The van der Waals surface area contributed by atoms with Crippen LogP contribution in [-0.4, -0.2) is 74.6 Å². The third-order valence-corrected chi connectivity index (χ3v) is 8.57. The minimum absolute atomic E-state index is 0.0696. The lowest BCUT2D eigenvalue weighted by Gasteiger charge is -2.36. The molecule has 1 aliphatic rings. The molecular weight excluding hydrogens is 502 g/mol. The molecule has 0 radical (unpaired) electrons. The van der Waals surface area contributed by atoms with E-state index in [1.165, 1.54) is 24.1 Å². The van der Waals surface area contributed by atoms with Gasteiger partial charge in [0.25, 0.3) is 17.7 Å². The second kappa shape index (κ2) is 10.9. The highest BCUT2D eigenvalue weighted by atomic mass is 32.2. The number of piperazine rings is 1. The number of hydrogen-bond donors (Lipinski definition) is 1. The summed E-state index contributed by atoms with van der Waals surface area (Å²) in [6.07, 6.45) is 0. The number of carbonyl (C=O) groups is 3. The van der Waals surface area contributed by atoms with Gasteiger partial charge in [0.1, 0.15) is 5.75 Å². The molecule has 3 amide bonds. The van der Waals surface area contributed by atoms with E-state index in [4.69, 9.17) is 4.74 Å². The number of sulfone groups is 1. The zero-order valence-corrected chi connectivity index (χ0v) is 21.1. The lowest BCUT2D eigenvalue weighted by molar-refractivity contribution is -0.132. The van der Waals surface area contributed by atoms with Crippen LogP contribution >= 0.6 is 11.3 Å². The molecule has 1 aliphatic heterocycles. The molecule has 1 fully saturated rings. The van der Waals surface area contributed by atoms with Crippen molar-refractivity contribution in [3.8, 4) is 5.75 Å². The molecule has 2 heterocycles. The van der Waals surface area contributed by atoms with Gasteiger partial charge in [-0.3, -0.25) is 14.4 Å². The van der Waals surface area contributed by atoms with Gasteiger partial charge in [-0.15, -0.1) is 11.3 Å². The zero-order valence-electron chi connectivity index (χ0n) is 19.5. The highest BCUT2D eigenvalue weighted by molar-refractivity contribution is 7.92. The Hall–Kier alpha value is -3.70. The van der Waals surface area contributed by atoms with E-state index in [0.717, 1.165) is 11.3 Å². The number of hydrogen-bond acceptors (Lipinski definition) is 7. The molecule has 0 bridgehead atoms. The van der Waals surface area contributed by atoms with Crippen LogP contribution in [0.1, 0.15) is 20.0 Å². The summed E-state index contributed by atoms with van der Waals surface area (Å²) < 4.78 is 32.1. The van der Waals surface area contributed by atoms with E-state index in [-0.39, 0.29) is 37.0 Å². The molecule has 9 nitrogen and oxygen atoms in total. The van der Waals surface area contributed by atoms with E-state index in [0.29, 0.717) is 16.2 Å². The smallest absolute Gasteiger partial charge is 0.262 e. The first kappa shape index (κ1) is 25.4. The second-order valence-corrected chi connectivity index (χ2v) is 11.0. The zero-order chi connectivity index (χ0) is 25.7. The van der Waals surface area contributed by atoms with Gasteiger partial charge in [-0.2, -0.15) is 0 Å². The number of methoxy groups -OCH3 is 1. The molecule has 1 atom stereocenters. The molecule has 36 heavy (non-hydrogen) atoms. The van der Waals surface area contributed by atoms with Crippen molar-refractivity contribution in [2.45, 2.75) is 10.3 Å². The Balaban J connectivity index is 1.53. The summed E-state index contributed by atoms with van der Waals surface area (Å²) in [5.74, 6) is -1.17. The molecule has 188 valence electrons. The number of nitrogens with zero attached hydrogens (tertiary/aromatic N) is 2.